The summed E-state index contributed by atoms with van der Waals surface area (Å²) in [5.41, 5.74) is 1.10. The Labute approximate surface area is 104 Å². The molecule has 2 rings (SSSR count). The van der Waals surface area contributed by atoms with Crippen molar-refractivity contribution in [3.63, 3.8) is 0 Å². The SMILES string of the molecule is CNCc1c(Cl)cccc1Sc1ncc[nH]1. The van der Waals surface area contributed by atoms with Crippen LogP contribution in [0.2, 0.25) is 5.02 Å². The van der Waals surface area contributed by atoms with Crippen LogP contribution in [0.25, 0.3) is 0 Å². The molecule has 3 nitrogen and oxygen atoms in total. The molecule has 1 aromatic carbocycles. The van der Waals surface area contributed by atoms with Crippen LogP contribution in [0, 0.1) is 0 Å². The average molecular weight is 254 g/mol. The number of hydrogen-bond acceptors (Lipinski definition) is 3. The van der Waals surface area contributed by atoms with Gasteiger partial charge < -0.3 is 10.3 Å². The third-order valence-corrected chi connectivity index (χ3v) is 3.48. The highest BCUT2D eigenvalue weighted by molar-refractivity contribution is 7.99. The van der Waals surface area contributed by atoms with Crippen LogP contribution in [0.4, 0.5) is 0 Å². The topological polar surface area (TPSA) is 40.7 Å². The van der Waals surface area contributed by atoms with Crippen molar-refractivity contribution in [3.8, 4) is 0 Å². The number of imidazole rings is 1. The molecule has 0 saturated heterocycles. The summed E-state index contributed by atoms with van der Waals surface area (Å²) < 4.78 is 0. The van der Waals surface area contributed by atoms with Gasteiger partial charge in [0.2, 0.25) is 0 Å². The molecule has 16 heavy (non-hydrogen) atoms. The Hall–Kier alpha value is -0.970. The lowest BCUT2D eigenvalue weighted by atomic mass is 10.2. The smallest absolute Gasteiger partial charge is 0.170 e. The number of H-pyrrole nitrogens is 1. The predicted molar refractivity (Wildman–Crippen MR) is 66.9 cm³/mol. The van der Waals surface area contributed by atoms with E-state index in [1.807, 2.05) is 31.4 Å². The largest absolute Gasteiger partial charge is 0.339 e. The Morgan fingerprint density at radius 2 is 2.38 bits per heavy atom. The van der Waals surface area contributed by atoms with Crippen LogP contribution in [-0.2, 0) is 6.54 Å². The molecule has 2 N–H and O–H groups in total. The number of rotatable bonds is 4. The van der Waals surface area contributed by atoms with Crippen LogP contribution in [0.3, 0.4) is 0 Å². The van der Waals surface area contributed by atoms with Crippen LogP contribution < -0.4 is 5.32 Å². The van der Waals surface area contributed by atoms with E-state index in [4.69, 9.17) is 11.6 Å². The van der Waals surface area contributed by atoms with E-state index in [-0.39, 0.29) is 0 Å². The maximum atomic E-state index is 6.16. The third-order valence-electron chi connectivity index (χ3n) is 2.11. The molecule has 0 unspecified atom stereocenters. The Balaban J connectivity index is 2.29. The minimum absolute atomic E-state index is 0.753. The highest BCUT2D eigenvalue weighted by Gasteiger charge is 2.08. The lowest BCUT2D eigenvalue weighted by Gasteiger charge is -2.09. The molecule has 1 heterocycles. The number of nitrogens with one attached hydrogen (secondary N) is 2. The fourth-order valence-electron chi connectivity index (χ4n) is 1.39. The first-order chi connectivity index (χ1) is 7.81. The van der Waals surface area contributed by atoms with Gasteiger partial charge in [-0.2, -0.15) is 0 Å². The van der Waals surface area contributed by atoms with Gasteiger partial charge in [-0.25, -0.2) is 4.98 Å². The second-order valence-electron chi connectivity index (χ2n) is 3.24. The van der Waals surface area contributed by atoms with E-state index in [9.17, 15) is 0 Å². The molecule has 0 spiro atoms. The molecule has 84 valence electrons. The van der Waals surface area contributed by atoms with Crippen LogP contribution >= 0.6 is 23.4 Å². The number of aromatic nitrogens is 2. The van der Waals surface area contributed by atoms with Crippen LogP contribution in [0.5, 0.6) is 0 Å². The summed E-state index contributed by atoms with van der Waals surface area (Å²) in [6, 6.07) is 5.90. The molecule has 0 saturated carbocycles. The molecule has 1 aromatic heterocycles. The van der Waals surface area contributed by atoms with Crippen LogP contribution in [-0.4, -0.2) is 17.0 Å². The number of hydrogen-bond donors (Lipinski definition) is 2. The van der Waals surface area contributed by atoms with Crippen molar-refractivity contribution in [2.75, 3.05) is 7.05 Å². The Morgan fingerprint density at radius 1 is 1.50 bits per heavy atom. The lowest BCUT2D eigenvalue weighted by Crippen LogP contribution is -2.06. The lowest BCUT2D eigenvalue weighted by molar-refractivity contribution is 0.803. The summed E-state index contributed by atoms with van der Waals surface area (Å²) >= 11 is 7.75. The van der Waals surface area contributed by atoms with Crippen molar-refractivity contribution in [1.29, 1.82) is 0 Å². The van der Waals surface area contributed by atoms with E-state index < -0.39 is 0 Å². The van der Waals surface area contributed by atoms with E-state index >= 15 is 0 Å². The zero-order valence-corrected chi connectivity index (χ0v) is 10.4. The highest BCUT2D eigenvalue weighted by atomic mass is 35.5. The molecule has 0 aliphatic rings. The van der Waals surface area contributed by atoms with Gasteiger partial charge >= 0.3 is 0 Å². The van der Waals surface area contributed by atoms with Gasteiger partial charge in [0, 0.05) is 28.9 Å². The van der Waals surface area contributed by atoms with Gasteiger partial charge in [0.25, 0.3) is 0 Å². The number of nitrogens with zero attached hydrogens (tertiary/aromatic N) is 1. The van der Waals surface area contributed by atoms with Crippen molar-refractivity contribution < 1.29 is 0 Å². The first kappa shape index (κ1) is 11.5. The molecule has 0 atom stereocenters. The first-order valence-corrected chi connectivity index (χ1v) is 6.10. The van der Waals surface area contributed by atoms with Crippen LogP contribution in [0.15, 0.2) is 40.6 Å². The van der Waals surface area contributed by atoms with Crippen molar-refractivity contribution in [2.24, 2.45) is 0 Å². The Bertz CT molecular complexity index is 456. The minimum Gasteiger partial charge on any atom is -0.339 e. The van der Waals surface area contributed by atoms with Crippen LogP contribution in [0.1, 0.15) is 5.56 Å². The van der Waals surface area contributed by atoms with Gasteiger partial charge in [0.15, 0.2) is 5.16 Å². The zero-order chi connectivity index (χ0) is 11.4. The molecule has 0 radical (unpaired) electrons. The van der Waals surface area contributed by atoms with E-state index in [0.717, 1.165) is 27.2 Å². The van der Waals surface area contributed by atoms with Gasteiger partial charge in [-0.3, -0.25) is 0 Å². The summed E-state index contributed by atoms with van der Waals surface area (Å²) in [7, 11) is 1.91. The fraction of sp³-hybridized carbons (Fsp3) is 0.182. The molecule has 0 aliphatic carbocycles. The van der Waals surface area contributed by atoms with Gasteiger partial charge in [0.05, 0.1) is 0 Å². The molecule has 2 aromatic rings. The van der Waals surface area contributed by atoms with E-state index in [1.165, 1.54) is 0 Å². The predicted octanol–water partition coefficient (Wildman–Crippen LogP) is 2.93. The number of halogens is 1. The van der Waals surface area contributed by atoms with Crippen molar-refractivity contribution in [3.05, 3.63) is 41.2 Å². The maximum absolute atomic E-state index is 6.16. The van der Waals surface area contributed by atoms with Crippen molar-refractivity contribution >= 4 is 23.4 Å². The maximum Gasteiger partial charge on any atom is 0.170 e. The van der Waals surface area contributed by atoms with Gasteiger partial charge in [0.1, 0.15) is 0 Å². The Morgan fingerprint density at radius 3 is 3.06 bits per heavy atom. The minimum atomic E-state index is 0.753. The van der Waals surface area contributed by atoms with Gasteiger partial charge in [-0.15, -0.1) is 0 Å². The van der Waals surface area contributed by atoms with Gasteiger partial charge in [-0.05, 0) is 24.7 Å². The second kappa shape index (κ2) is 5.39. The zero-order valence-electron chi connectivity index (χ0n) is 8.83. The molecular formula is C11H12ClN3S. The summed E-state index contributed by atoms with van der Waals surface area (Å²) in [4.78, 5) is 8.37. The molecule has 0 fully saturated rings. The fourth-order valence-corrected chi connectivity index (χ4v) is 2.59. The summed E-state index contributed by atoms with van der Waals surface area (Å²) in [5, 5.41) is 4.77. The normalized spacial score (nSPS) is 10.6. The Kier molecular flexibility index (Phi) is 3.88. The molecule has 5 heteroatoms. The van der Waals surface area contributed by atoms with Gasteiger partial charge in [-0.1, -0.05) is 29.4 Å². The average Bonchev–Trinajstić information content (AvgIpc) is 2.76. The number of aromatic amines is 1. The van der Waals surface area contributed by atoms with Crippen molar-refractivity contribution in [2.45, 2.75) is 16.6 Å². The van der Waals surface area contributed by atoms with Crippen molar-refractivity contribution in [1.82, 2.24) is 15.3 Å². The van der Waals surface area contributed by atoms with E-state index in [2.05, 4.69) is 15.3 Å². The summed E-state index contributed by atoms with van der Waals surface area (Å²) in [5.74, 6) is 0. The molecular weight excluding hydrogens is 242 g/mol. The summed E-state index contributed by atoms with van der Waals surface area (Å²) in [6.45, 7) is 0.753. The third kappa shape index (κ3) is 2.58. The highest BCUT2D eigenvalue weighted by Crippen LogP contribution is 2.31. The number of benzene rings is 1. The monoisotopic (exact) mass is 253 g/mol. The molecule has 0 aliphatic heterocycles. The summed E-state index contributed by atoms with van der Waals surface area (Å²) in [6.07, 6.45) is 3.55. The molecule has 0 bridgehead atoms. The standard InChI is InChI=1S/C11H12ClN3S/c1-13-7-8-9(12)3-2-4-10(8)16-11-14-5-6-15-11/h2-6,13H,7H2,1H3,(H,14,15). The second-order valence-corrected chi connectivity index (χ2v) is 4.68. The van der Waals surface area contributed by atoms with E-state index in [0.29, 0.717) is 0 Å². The quantitative estimate of drug-likeness (QED) is 0.880. The first-order valence-electron chi connectivity index (χ1n) is 4.90. The molecule has 0 amide bonds. The van der Waals surface area contributed by atoms with E-state index in [1.54, 1.807) is 18.0 Å².